The lowest BCUT2D eigenvalue weighted by atomic mass is 10.0. The zero-order valence-electron chi connectivity index (χ0n) is 18.1. The summed E-state index contributed by atoms with van der Waals surface area (Å²) in [5.74, 6) is 1.51. The quantitative estimate of drug-likeness (QED) is 0.309. The van der Waals surface area contributed by atoms with Crippen LogP contribution in [-0.4, -0.2) is 18.1 Å². The monoisotopic (exact) mass is 449 g/mol. The third kappa shape index (κ3) is 5.00. The van der Waals surface area contributed by atoms with Crippen molar-refractivity contribution in [1.29, 1.82) is 0 Å². The van der Waals surface area contributed by atoms with Crippen LogP contribution in [-0.2, 0) is 18.0 Å². The first-order valence-corrected chi connectivity index (χ1v) is 10.9. The van der Waals surface area contributed by atoms with Crippen molar-refractivity contribution in [2.24, 2.45) is 0 Å². The summed E-state index contributed by atoms with van der Waals surface area (Å²) in [5.41, 5.74) is 2.85. The Kier molecular flexibility index (Phi) is 6.56. The van der Waals surface area contributed by atoms with E-state index in [1.165, 1.54) is 12.0 Å². The van der Waals surface area contributed by atoms with Gasteiger partial charge in [0, 0.05) is 16.5 Å². The molecule has 0 aliphatic carbocycles. The highest BCUT2D eigenvalue weighted by Crippen LogP contribution is 2.28. The number of hydrogen-bond donors (Lipinski definition) is 0. The number of carbonyl (C=O) groups is 1. The van der Waals surface area contributed by atoms with Gasteiger partial charge in [0.15, 0.2) is 0 Å². The maximum atomic E-state index is 12.1. The summed E-state index contributed by atoms with van der Waals surface area (Å²) in [5, 5.41) is 0. The molecule has 2 heterocycles. The van der Waals surface area contributed by atoms with Crippen molar-refractivity contribution in [1.82, 2.24) is 4.98 Å². The number of aromatic nitrogens is 1. The van der Waals surface area contributed by atoms with Gasteiger partial charge in [-0.15, -0.1) is 11.3 Å². The number of aryl methyl sites for hydroxylation is 2. The third-order valence-corrected chi connectivity index (χ3v) is 5.83. The van der Waals surface area contributed by atoms with Crippen molar-refractivity contribution in [3.8, 4) is 22.3 Å². The number of rotatable bonds is 8. The molecule has 0 saturated carbocycles. The Morgan fingerprint density at radius 3 is 2.47 bits per heavy atom. The van der Waals surface area contributed by atoms with Crippen molar-refractivity contribution in [2.75, 3.05) is 7.11 Å². The molecule has 2 aromatic heterocycles. The molecule has 0 saturated heterocycles. The average molecular weight is 450 g/mol. The predicted molar refractivity (Wildman–Crippen MR) is 122 cm³/mol. The Bertz CT molecular complexity index is 1230. The lowest BCUT2D eigenvalue weighted by Crippen LogP contribution is -2.10. The van der Waals surface area contributed by atoms with Crippen LogP contribution >= 0.6 is 11.3 Å². The highest BCUT2D eigenvalue weighted by Gasteiger charge is 2.15. The van der Waals surface area contributed by atoms with Gasteiger partial charge >= 0.3 is 5.97 Å². The van der Waals surface area contributed by atoms with E-state index in [1.807, 2.05) is 62.4 Å². The van der Waals surface area contributed by atoms with E-state index in [4.69, 9.17) is 18.6 Å². The minimum absolute atomic E-state index is 0.239. The maximum Gasteiger partial charge on any atom is 0.338 e. The van der Waals surface area contributed by atoms with Crippen LogP contribution in [0.5, 0.6) is 11.5 Å². The molecule has 164 valence electrons. The molecule has 0 unspecified atom stereocenters. The second kappa shape index (κ2) is 9.70. The molecular weight excluding hydrogens is 426 g/mol. The van der Waals surface area contributed by atoms with Gasteiger partial charge in [-0.2, -0.15) is 0 Å². The smallest absolute Gasteiger partial charge is 0.338 e. The Morgan fingerprint density at radius 1 is 1.00 bits per heavy atom. The maximum absolute atomic E-state index is 12.1. The van der Waals surface area contributed by atoms with Crippen molar-refractivity contribution < 1.29 is 23.4 Å². The normalized spacial score (nSPS) is 10.7. The molecule has 4 aromatic rings. The molecule has 6 nitrogen and oxygen atoms in total. The number of benzene rings is 2. The molecule has 0 N–H and O–H groups in total. The van der Waals surface area contributed by atoms with Gasteiger partial charge in [0.25, 0.3) is 0 Å². The van der Waals surface area contributed by atoms with E-state index < -0.39 is 0 Å². The Balaban J connectivity index is 1.39. The van der Waals surface area contributed by atoms with Gasteiger partial charge in [-0.25, -0.2) is 9.78 Å². The molecule has 0 aliphatic heterocycles. The zero-order chi connectivity index (χ0) is 22.5. The molecule has 4 rings (SSSR count). The number of hydrogen-bond acceptors (Lipinski definition) is 7. The summed E-state index contributed by atoms with van der Waals surface area (Å²) >= 11 is 1.64. The number of methoxy groups -OCH3 is 1. The Morgan fingerprint density at radius 2 is 1.75 bits per heavy atom. The van der Waals surface area contributed by atoms with E-state index in [9.17, 15) is 4.79 Å². The molecule has 2 aromatic carbocycles. The topological polar surface area (TPSA) is 70.8 Å². The highest BCUT2D eigenvalue weighted by atomic mass is 32.1. The summed E-state index contributed by atoms with van der Waals surface area (Å²) in [6, 6.07) is 17.0. The van der Waals surface area contributed by atoms with Gasteiger partial charge in [0.2, 0.25) is 5.89 Å². The van der Waals surface area contributed by atoms with Gasteiger partial charge < -0.3 is 18.6 Å². The lowest BCUT2D eigenvalue weighted by Gasteiger charge is -2.13. The van der Waals surface area contributed by atoms with Gasteiger partial charge in [-0.1, -0.05) is 24.3 Å². The third-order valence-electron chi connectivity index (χ3n) is 4.84. The van der Waals surface area contributed by atoms with Gasteiger partial charge in [-0.05, 0) is 43.7 Å². The van der Waals surface area contributed by atoms with E-state index in [-0.39, 0.29) is 19.2 Å². The largest absolute Gasteiger partial charge is 0.489 e. The summed E-state index contributed by atoms with van der Waals surface area (Å²) in [7, 11) is 1.37. The van der Waals surface area contributed by atoms with Crippen LogP contribution in [0.1, 0.15) is 32.1 Å². The van der Waals surface area contributed by atoms with Crippen LogP contribution in [0, 0.1) is 13.8 Å². The summed E-state index contributed by atoms with van der Waals surface area (Å²) in [6.45, 7) is 4.44. The van der Waals surface area contributed by atoms with Gasteiger partial charge in [-0.3, -0.25) is 0 Å². The van der Waals surface area contributed by atoms with Crippen LogP contribution in [0.3, 0.4) is 0 Å². The molecule has 0 radical (unpaired) electrons. The first-order chi connectivity index (χ1) is 15.5. The fraction of sp³-hybridized carbons (Fsp3) is 0.200. The van der Waals surface area contributed by atoms with Crippen molar-refractivity contribution in [3.05, 3.63) is 88.1 Å². The fourth-order valence-electron chi connectivity index (χ4n) is 3.25. The van der Waals surface area contributed by atoms with Gasteiger partial charge in [0.05, 0.1) is 17.6 Å². The second-order valence-electron chi connectivity index (χ2n) is 7.21. The van der Waals surface area contributed by atoms with Crippen molar-refractivity contribution in [3.63, 3.8) is 0 Å². The molecule has 0 spiro atoms. The molecule has 0 fully saturated rings. The minimum atomic E-state index is -0.372. The van der Waals surface area contributed by atoms with Crippen LogP contribution < -0.4 is 9.47 Å². The molecule has 0 aliphatic rings. The number of ether oxygens (including phenoxy) is 3. The van der Waals surface area contributed by atoms with Crippen molar-refractivity contribution in [2.45, 2.75) is 27.1 Å². The molecule has 7 heteroatoms. The van der Waals surface area contributed by atoms with Crippen LogP contribution in [0.25, 0.3) is 10.8 Å². The van der Waals surface area contributed by atoms with E-state index >= 15 is 0 Å². The van der Waals surface area contributed by atoms with Crippen LogP contribution in [0.15, 0.2) is 65.3 Å². The summed E-state index contributed by atoms with van der Waals surface area (Å²) < 4.78 is 22.3. The van der Waals surface area contributed by atoms with Crippen LogP contribution in [0.4, 0.5) is 0 Å². The number of carbonyl (C=O) groups excluding carboxylic acids is 1. The summed E-state index contributed by atoms with van der Waals surface area (Å²) in [4.78, 5) is 18.8. The Labute approximate surface area is 190 Å². The van der Waals surface area contributed by atoms with Crippen LogP contribution in [0.2, 0.25) is 0 Å². The Hall–Kier alpha value is -3.58. The minimum Gasteiger partial charge on any atom is -0.489 e. The zero-order valence-corrected chi connectivity index (χ0v) is 18.9. The number of thiophene rings is 1. The standard InChI is InChI=1S/C25H23NO5S/c1-16-6-4-7-18(23(16)25(27)28-3)13-29-20-8-5-9-21(12-20)30-14-19-15-31-24(26-19)22-11-10-17(2)32-22/h4-12,15H,13-14H2,1-3H3. The molecule has 32 heavy (non-hydrogen) atoms. The molecule has 0 atom stereocenters. The summed E-state index contributed by atoms with van der Waals surface area (Å²) in [6.07, 6.45) is 1.61. The highest BCUT2D eigenvalue weighted by molar-refractivity contribution is 7.15. The van der Waals surface area contributed by atoms with Gasteiger partial charge in [0.1, 0.15) is 36.7 Å². The van der Waals surface area contributed by atoms with E-state index in [0.717, 1.165) is 16.0 Å². The van der Waals surface area contributed by atoms with Crippen molar-refractivity contribution >= 4 is 17.3 Å². The first-order valence-electron chi connectivity index (χ1n) is 10.1. The second-order valence-corrected chi connectivity index (χ2v) is 8.50. The predicted octanol–water partition coefficient (Wildman–Crippen LogP) is 5.96. The number of oxazole rings is 1. The number of nitrogens with zero attached hydrogens (tertiary/aromatic N) is 1. The number of esters is 1. The SMILES string of the molecule is COC(=O)c1c(C)cccc1COc1cccc(OCc2coc(-c3ccc(C)s3)n2)c1. The van der Waals surface area contributed by atoms with E-state index in [2.05, 4.69) is 4.98 Å². The van der Waals surface area contributed by atoms with E-state index in [0.29, 0.717) is 28.6 Å². The fourth-order valence-corrected chi connectivity index (χ4v) is 4.05. The van der Waals surface area contributed by atoms with E-state index in [1.54, 1.807) is 23.7 Å². The first kappa shape index (κ1) is 21.6. The average Bonchev–Trinajstić information content (AvgIpc) is 3.45. The lowest BCUT2D eigenvalue weighted by molar-refractivity contribution is 0.0597. The molecule has 0 amide bonds. The molecular formula is C25H23NO5S. The molecule has 0 bridgehead atoms.